The third-order valence-corrected chi connectivity index (χ3v) is 5.98. The van der Waals surface area contributed by atoms with Crippen LogP contribution in [0.3, 0.4) is 0 Å². The molecule has 0 aliphatic carbocycles. The molecule has 1 aromatic carbocycles. The first-order valence-electron chi connectivity index (χ1n) is 11.3. The van der Waals surface area contributed by atoms with E-state index < -0.39 is 5.91 Å². The third-order valence-electron chi connectivity index (χ3n) is 5.98. The molecular formula is C24H28BN7O3. The van der Waals surface area contributed by atoms with Gasteiger partial charge in [-0.1, -0.05) is 12.1 Å². The maximum atomic E-state index is 13.1. The van der Waals surface area contributed by atoms with E-state index >= 15 is 0 Å². The molecule has 1 saturated heterocycles. The molecule has 1 atom stereocenters. The minimum Gasteiger partial charge on any atom is -0.445 e. The van der Waals surface area contributed by atoms with Gasteiger partial charge in [0.15, 0.2) is 11.5 Å². The lowest BCUT2D eigenvalue weighted by molar-refractivity contribution is 0.102. The van der Waals surface area contributed by atoms with Crippen molar-refractivity contribution in [2.75, 3.05) is 60.8 Å². The van der Waals surface area contributed by atoms with Crippen LogP contribution in [0.2, 0.25) is 0 Å². The molecule has 0 unspecified atom stereocenters. The molecule has 10 nitrogen and oxygen atoms in total. The first kappa shape index (κ1) is 24.4. The Kier molecular flexibility index (Phi) is 7.79. The van der Waals surface area contributed by atoms with Crippen LogP contribution in [0.5, 0.6) is 0 Å². The summed E-state index contributed by atoms with van der Waals surface area (Å²) in [6, 6.07) is 9.73. The monoisotopic (exact) mass is 473 g/mol. The van der Waals surface area contributed by atoms with Crippen LogP contribution in [-0.4, -0.2) is 74.9 Å². The third kappa shape index (κ3) is 5.69. The van der Waals surface area contributed by atoms with Gasteiger partial charge in [-0.25, -0.2) is 9.97 Å². The number of aromatic nitrogens is 3. The molecular weight excluding hydrogens is 445 g/mol. The summed E-state index contributed by atoms with van der Waals surface area (Å²) in [5.41, 5.74) is 9.86. The fourth-order valence-corrected chi connectivity index (χ4v) is 3.82. The van der Waals surface area contributed by atoms with Gasteiger partial charge in [-0.05, 0) is 25.1 Å². The highest BCUT2D eigenvalue weighted by atomic mass is 16.5. The van der Waals surface area contributed by atoms with Crippen molar-refractivity contribution in [3.8, 4) is 11.3 Å². The Labute approximate surface area is 205 Å². The van der Waals surface area contributed by atoms with Crippen LogP contribution in [0, 0.1) is 0 Å². The van der Waals surface area contributed by atoms with Crippen molar-refractivity contribution in [1.29, 1.82) is 0 Å². The van der Waals surface area contributed by atoms with E-state index in [1.165, 1.54) is 0 Å². The number of nitrogens with one attached hydrogen (secondary N) is 1. The lowest BCUT2D eigenvalue weighted by atomic mass is 10.1. The number of carbonyl (C=O) groups is 1. The van der Waals surface area contributed by atoms with E-state index in [1.807, 2.05) is 44.3 Å². The number of benzene rings is 1. The van der Waals surface area contributed by atoms with Crippen molar-refractivity contribution in [3.63, 3.8) is 0 Å². The van der Waals surface area contributed by atoms with Crippen LogP contribution in [0.1, 0.15) is 17.4 Å². The van der Waals surface area contributed by atoms with Gasteiger partial charge >= 0.3 is 0 Å². The highest BCUT2D eigenvalue weighted by Crippen LogP contribution is 2.27. The summed E-state index contributed by atoms with van der Waals surface area (Å²) in [5.74, 6) is -0.402. The van der Waals surface area contributed by atoms with E-state index in [2.05, 4.69) is 30.1 Å². The predicted molar refractivity (Wildman–Crippen MR) is 137 cm³/mol. The van der Waals surface area contributed by atoms with Gasteiger partial charge in [0.05, 0.1) is 42.7 Å². The van der Waals surface area contributed by atoms with Crippen molar-refractivity contribution in [3.05, 3.63) is 54.6 Å². The maximum absolute atomic E-state index is 13.1. The van der Waals surface area contributed by atoms with E-state index in [0.29, 0.717) is 31.2 Å². The molecule has 1 aliphatic heterocycles. The molecule has 3 N–H and O–H groups in total. The number of hydrogen-bond donors (Lipinski definition) is 2. The van der Waals surface area contributed by atoms with Crippen molar-refractivity contribution in [2.45, 2.75) is 13.0 Å². The number of ether oxygens (including phenoxy) is 1. The number of nitrogens with two attached hydrogens (primary N) is 1. The molecule has 3 heterocycles. The van der Waals surface area contributed by atoms with Gasteiger partial charge in [0.1, 0.15) is 0 Å². The molecule has 35 heavy (non-hydrogen) atoms. The Bertz CT molecular complexity index is 1160. The smallest absolute Gasteiger partial charge is 0.282 e. The maximum Gasteiger partial charge on any atom is 0.282 e. The van der Waals surface area contributed by atoms with Crippen molar-refractivity contribution < 1.29 is 14.2 Å². The fraction of sp³-hybridized carbons (Fsp3) is 0.333. The summed E-state index contributed by atoms with van der Waals surface area (Å²) in [6.45, 7) is 5.14. The standard InChI is InChI=1S/C24H28BN7O3/c1-16(15-35-25)31(2)18-5-3-17(4-6-18)19-14-28-23(26)22(29-19)24(33)30-20-13-27-8-7-21(20)32-9-11-34-12-10-32/h3-8,13-14,16H,9-12,15H2,1-2H3,(H2,26,28)(H,30,33)/t16-/m1/s1. The average Bonchev–Trinajstić information content (AvgIpc) is 2.89. The van der Waals surface area contributed by atoms with Crippen molar-refractivity contribution >= 4 is 36.8 Å². The molecule has 4 rings (SSSR count). The zero-order chi connectivity index (χ0) is 24.8. The van der Waals surface area contributed by atoms with Crippen molar-refractivity contribution in [2.24, 2.45) is 0 Å². The summed E-state index contributed by atoms with van der Waals surface area (Å²) < 4.78 is 10.2. The number of anilines is 4. The number of nitrogen functional groups attached to an aromatic ring is 1. The fourth-order valence-electron chi connectivity index (χ4n) is 3.82. The van der Waals surface area contributed by atoms with Crippen LogP contribution in [0.4, 0.5) is 22.9 Å². The zero-order valence-corrected chi connectivity index (χ0v) is 19.8. The first-order valence-corrected chi connectivity index (χ1v) is 11.3. The molecule has 3 aromatic rings. The van der Waals surface area contributed by atoms with E-state index in [-0.39, 0.29) is 17.6 Å². The topological polar surface area (TPSA) is 119 Å². The van der Waals surface area contributed by atoms with Crippen LogP contribution < -0.4 is 20.9 Å². The SMILES string of the molecule is [B]OC[C@@H](C)N(C)c1ccc(-c2cnc(N)c(C(=O)Nc3cnccc3N3CCOCC3)n2)cc1. The first-order chi connectivity index (χ1) is 17.0. The quantitative estimate of drug-likeness (QED) is 0.475. The number of rotatable bonds is 8. The molecule has 1 amide bonds. The van der Waals surface area contributed by atoms with Gasteiger partial charge in [-0.3, -0.25) is 9.78 Å². The van der Waals surface area contributed by atoms with Gasteiger partial charge in [-0.15, -0.1) is 0 Å². The van der Waals surface area contributed by atoms with Crippen molar-refractivity contribution in [1.82, 2.24) is 15.0 Å². The number of morpholine rings is 1. The van der Waals surface area contributed by atoms with E-state index in [4.69, 9.17) is 23.2 Å². The normalized spacial score (nSPS) is 14.4. The molecule has 1 fully saturated rings. The minimum absolute atomic E-state index is 0.0502. The number of pyridine rings is 1. The minimum atomic E-state index is -0.452. The second kappa shape index (κ2) is 11.2. The molecule has 1 aliphatic rings. The second-order valence-electron chi connectivity index (χ2n) is 8.28. The second-order valence-corrected chi connectivity index (χ2v) is 8.28. The summed E-state index contributed by atoms with van der Waals surface area (Å²) >= 11 is 0. The van der Waals surface area contributed by atoms with Crippen LogP contribution in [-0.2, 0) is 9.39 Å². The highest BCUT2D eigenvalue weighted by molar-refractivity contribution is 6.07. The molecule has 2 aromatic heterocycles. The number of carbonyl (C=O) groups excluding carboxylic acids is 1. The average molecular weight is 473 g/mol. The Morgan fingerprint density at radius 1 is 1.26 bits per heavy atom. The lowest BCUT2D eigenvalue weighted by Crippen LogP contribution is -2.36. The van der Waals surface area contributed by atoms with Crippen LogP contribution in [0.15, 0.2) is 48.9 Å². The van der Waals surface area contributed by atoms with Gasteiger partial charge < -0.3 is 30.2 Å². The number of amides is 1. The highest BCUT2D eigenvalue weighted by Gasteiger charge is 2.20. The molecule has 2 radical (unpaired) electrons. The number of likely N-dealkylation sites (N-methyl/N-ethyl adjacent to an activating group) is 1. The van der Waals surface area contributed by atoms with Gasteiger partial charge in [0, 0.05) is 50.2 Å². The lowest BCUT2D eigenvalue weighted by Gasteiger charge is -2.30. The van der Waals surface area contributed by atoms with Gasteiger partial charge in [0.25, 0.3) is 14.0 Å². The molecule has 0 saturated carbocycles. The molecule has 0 bridgehead atoms. The van der Waals surface area contributed by atoms with Crippen LogP contribution >= 0.6 is 0 Å². The van der Waals surface area contributed by atoms with E-state index in [1.54, 1.807) is 18.6 Å². The summed E-state index contributed by atoms with van der Waals surface area (Å²) in [5, 5.41) is 2.90. The largest absolute Gasteiger partial charge is 0.445 e. The Morgan fingerprint density at radius 2 is 2.00 bits per heavy atom. The molecule has 0 spiro atoms. The summed E-state index contributed by atoms with van der Waals surface area (Å²) in [7, 11) is 7.16. The van der Waals surface area contributed by atoms with Crippen LogP contribution in [0.25, 0.3) is 11.3 Å². The Morgan fingerprint density at radius 3 is 2.71 bits per heavy atom. The Balaban J connectivity index is 1.54. The summed E-state index contributed by atoms with van der Waals surface area (Å²) in [4.78, 5) is 30.2. The van der Waals surface area contributed by atoms with Gasteiger partial charge in [0.2, 0.25) is 0 Å². The summed E-state index contributed by atoms with van der Waals surface area (Å²) in [6.07, 6.45) is 4.86. The van der Waals surface area contributed by atoms with E-state index in [0.717, 1.165) is 30.0 Å². The number of hydrogen-bond acceptors (Lipinski definition) is 9. The van der Waals surface area contributed by atoms with E-state index in [9.17, 15) is 4.79 Å². The molecule has 180 valence electrons. The van der Waals surface area contributed by atoms with Gasteiger partial charge in [-0.2, -0.15) is 0 Å². The Hall–Kier alpha value is -3.70. The number of nitrogens with zero attached hydrogens (tertiary/aromatic N) is 5. The predicted octanol–water partition coefficient (Wildman–Crippen LogP) is 2.13. The molecule has 11 heteroatoms. The zero-order valence-electron chi connectivity index (χ0n) is 19.8.